The largest absolute Gasteiger partial charge is 0.357 e. The highest BCUT2D eigenvalue weighted by Gasteiger charge is 2.35. The molecule has 4 heteroatoms. The van der Waals surface area contributed by atoms with Crippen LogP contribution in [-0.4, -0.2) is 35.4 Å². The Labute approximate surface area is 124 Å². The number of rotatable bonds is 2. The van der Waals surface area contributed by atoms with E-state index in [2.05, 4.69) is 39.5 Å². The number of amides is 1. The van der Waals surface area contributed by atoms with Crippen LogP contribution in [0.5, 0.6) is 0 Å². The number of fused-ring (bicyclic) bond motifs is 1. The van der Waals surface area contributed by atoms with Crippen LogP contribution in [0, 0.1) is 5.92 Å². The molecule has 0 bridgehead atoms. The van der Waals surface area contributed by atoms with E-state index in [0.717, 1.165) is 38.0 Å². The number of aromatic amines is 1. The highest BCUT2D eigenvalue weighted by Crippen LogP contribution is 2.33. The van der Waals surface area contributed by atoms with Gasteiger partial charge in [0, 0.05) is 30.8 Å². The third kappa shape index (κ3) is 2.23. The number of carbonyl (C=O) groups is 1. The van der Waals surface area contributed by atoms with Gasteiger partial charge < -0.3 is 15.2 Å². The smallest absolute Gasteiger partial charge is 0.228 e. The van der Waals surface area contributed by atoms with Crippen molar-refractivity contribution >= 4 is 16.8 Å². The molecule has 1 aromatic heterocycles. The average Bonchev–Trinajstić information content (AvgIpc) is 2.89. The Bertz CT molecular complexity index is 626. The monoisotopic (exact) mass is 283 g/mol. The predicted octanol–water partition coefficient (Wildman–Crippen LogP) is 2.44. The van der Waals surface area contributed by atoms with Crippen LogP contribution in [0.25, 0.3) is 10.9 Å². The van der Waals surface area contributed by atoms with Crippen molar-refractivity contribution in [2.45, 2.75) is 25.3 Å². The number of likely N-dealkylation sites (tertiary alicyclic amines) is 1. The first-order valence-electron chi connectivity index (χ1n) is 7.92. The maximum absolute atomic E-state index is 12.7. The summed E-state index contributed by atoms with van der Waals surface area (Å²) in [5.74, 6) is 0.520. The molecule has 4 rings (SSSR count). The fourth-order valence-electron chi connectivity index (χ4n) is 3.49. The molecule has 1 amide bonds. The lowest BCUT2D eigenvalue weighted by Gasteiger charge is -2.39. The summed E-state index contributed by atoms with van der Waals surface area (Å²) in [6.45, 7) is 2.58. The zero-order chi connectivity index (χ0) is 14.2. The van der Waals surface area contributed by atoms with Crippen molar-refractivity contribution in [1.29, 1.82) is 0 Å². The number of hydrogen-bond acceptors (Lipinski definition) is 2. The second-order valence-corrected chi connectivity index (χ2v) is 6.21. The first kappa shape index (κ1) is 12.9. The summed E-state index contributed by atoms with van der Waals surface area (Å²) in [4.78, 5) is 18.3. The minimum absolute atomic E-state index is 0.190. The summed E-state index contributed by atoms with van der Waals surface area (Å²) in [6.07, 6.45) is 3.40. The van der Waals surface area contributed by atoms with Crippen molar-refractivity contribution in [2.75, 3.05) is 19.6 Å². The van der Waals surface area contributed by atoms with Gasteiger partial charge in [0.05, 0.1) is 12.0 Å². The molecule has 1 atom stereocenters. The van der Waals surface area contributed by atoms with E-state index in [-0.39, 0.29) is 12.0 Å². The van der Waals surface area contributed by atoms with Gasteiger partial charge in [-0.3, -0.25) is 4.79 Å². The molecule has 2 aliphatic rings. The molecule has 1 unspecified atom stereocenters. The molecule has 2 N–H and O–H groups in total. The molecule has 0 aliphatic carbocycles. The summed E-state index contributed by atoms with van der Waals surface area (Å²) < 4.78 is 0. The van der Waals surface area contributed by atoms with Gasteiger partial charge in [-0.25, -0.2) is 0 Å². The maximum atomic E-state index is 12.7. The lowest BCUT2D eigenvalue weighted by Crippen LogP contribution is -2.53. The topological polar surface area (TPSA) is 48.1 Å². The SMILES string of the molecule is O=C(C1CNC1)N1CCCCC1c1cc2ccccc2[nH]1. The normalized spacial score (nSPS) is 23.2. The fraction of sp³-hybridized carbons (Fsp3) is 0.471. The second kappa shape index (κ2) is 5.19. The number of hydrogen-bond donors (Lipinski definition) is 2. The molecule has 21 heavy (non-hydrogen) atoms. The van der Waals surface area contributed by atoms with Gasteiger partial charge in [-0.2, -0.15) is 0 Å². The van der Waals surface area contributed by atoms with Gasteiger partial charge >= 0.3 is 0 Å². The van der Waals surface area contributed by atoms with Gasteiger partial charge in [-0.05, 0) is 36.8 Å². The number of nitrogens with one attached hydrogen (secondary N) is 2. The molecule has 2 aromatic rings. The zero-order valence-electron chi connectivity index (χ0n) is 12.1. The van der Waals surface area contributed by atoms with Gasteiger partial charge in [-0.1, -0.05) is 18.2 Å². The van der Waals surface area contributed by atoms with Gasteiger partial charge in [0.25, 0.3) is 0 Å². The Morgan fingerprint density at radius 3 is 2.81 bits per heavy atom. The van der Waals surface area contributed by atoms with E-state index >= 15 is 0 Å². The van der Waals surface area contributed by atoms with Crippen molar-refractivity contribution in [3.05, 3.63) is 36.0 Å². The number of piperidine rings is 1. The van der Waals surface area contributed by atoms with Crippen molar-refractivity contribution in [1.82, 2.24) is 15.2 Å². The molecule has 3 heterocycles. The van der Waals surface area contributed by atoms with Crippen LogP contribution in [0.2, 0.25) is 0 Å². The van der Waals surface area contributed by atoms with Crippen molar-refractivity contribution in [3.63, 3.8) is 0 Å². The number of para-hydroxylation sites is 1. The van der Waals surface area contributed by atoms with Gasteiger partial charge in [-0.15, -0.1) is 0 Å². The Balaban J connectivity index is 1.64. The van der Waals surface area contributed by atoms with E-state index in [1.807, 2.05) is 6.07 Å². The van der Waals surface area contributed by atoms with Crippen LogP contribution in [0.4, 0.5) is 0 Å². The maximum Gasteiger partial charge on any atom is 0.228 e. The molecule has 2 saturated heterocycles. The highest BCUT2D eigenvalue weighted by atomic mass is 16.2. The molecule has 1 aromatic carbocycles. The second-order valence-electron chi connectivity index (χ2n) is 6.21. The van der Waals surface area contributed by atoms with E-state index in [0.29, 0.717) is 5.91 Å². The lowest BCUT2D eigenvalue weighted by molar-refractivity contribution is -0.141. The molecule has 2 fully saturated rings. The molecular weight excluding hydrogens is 262 g/mol. The minimum Gasteiger partial charge on any atom is -0.357 e. The van der Waals surface area contributed by atoms with Gasteiger partial charge in [0.2, 0.25) is 5.91 Å². The quantitative estimate of drug-likeness (QED) is 0.889. The summed E-state index contributed by atoms with van der Waals surface area (Å²) in [5, 5.41) is 4.43. The van der Waals surface area contributed by atoms with Crippen molar-refractivity contribution < 1.29 is 4.79 Å². The van der Waals surface area contributed by atoms with Crippen LogP contribution in [0.3, 0.4) is 0 Å². The Morgan fingerprint density at radius 1 is 1.19 bits per heavy atom. The first-order chi connectivity index (χ1) is 10.3. The lowest BCUT2D eigenvalue weighted by atomic mass is 9.94. The van der Waals surface area contributed by atoms with E-state index in [4.69, 9.17) is 0 Å². The molecule has 4 nitrogen and oxygen atoms in total. The number of aromatic nitrogens is 1. The number of nitrogens with zero attached hydrogens (tertiary/aromatic N) is 1. The fourth-order valence-corrected chi connectivity index (χ4v) is 3.49. The number of benzene rings is 1. The molecule has 0 radical (unpaired) electrons. The minimum atomic E-state index is 0.190. The van der Waals surface area contributed by atoms with Crippen LogP contribution in [0.1, 0.15) is 31.0 Å². The number of carbonyl (C=O) groups excluding carboxylic acids is 1. The number of H-pyrrole nitrogens is 1. The Hall–Kier alpha value is -1.81. The van der Waals surface area contributed by atoms with Crippen molar-refractivity contribution in [3.8, 4) is 0 Å². The third-order valence-electron chi connectivity index (χ3n) is 4.83. The third-order valence-corrected chi connectivity index (χ3v) is 4.83. The zero-order valence-corrected chi connectivity index (χ0v) is 12.1. The van der Waals surface area contributed by atoms with Crippen LogP contribution >= 0.6 is 0 Å². The van der Waals surface area contributed by atoms with Crippen LogP contribution in [0.15, 0.2) is 30.3 Å². The first-order valence-corrected chi connectivity index (χ1v) is 7.92. The van der Waals surface area contributed by atoms with Crippen LogP contribution < -0.4 is 5.32 Å². The molecule has 0 saturated carbocycles. The van der Waals surface area contributed by atoms with Crippen molar-refractivity contribution in [2.24, 2.45) is 5.92 Å². The molecule has 110 valence electrons. The van der Waals surface area contributed by atoms with Gasteiger partial charge in [0.1, 0.15) is 0 Å². The van der Waals surface area contributed by atoms with E-state index in [1.165, 1.54) is 17.5 Å². The summed E-state index contributed by atoms with van der Waals surface area (Å²) >= 11 is 0. The van der Waals surface area contributed by atoms with E-state index in [1.54, 1.807) is 0 Å². The summed E-state index contributed by atoms with van der Waals surface area (Å²) in [7, 11) is 0. The molecular formula is C17H21N3O. The molecule has 2 aliphatic heterocycles. The van der Waals surface area contributed by atoms with Gasteiger partial charge in [0.15, 0.2) is 0 Å². The highest BCUT2D eigenvalue weighted by molar-refractivity contribution is 5.82. The summed E-state index contributed by atoms with van der Waals surface area (Å²) in [5.41, 5.74) is 2.35. The van der Waals surface area contributed by atoms with E-state index < -0.39 is 0 Å². The molecule has 0 spiro atoms. The standard InChI is InChI=1S/C17H21N3O/c21-17(13-10-18-11-13)20-8-4-3-7-16(20)15-9-12-5-1-2-6-14(12)19-15/h1-2,5-6,9,13,16,18-19H,3-4,7-8,10-11H2. The van der Waals surface area contributed by atoms with Crippen LogP contribution in [-0.2, 0) is 4.79 Å². The Morgan fingerprint density at radius 2 is 2.05 bits per heavy atom. The summed E-state index contributed by atoms with van der Waals surface area (Å²) in [6, 6.07) is 10.8. The predicted molar refractivity (Wildman–Crippen MR) is 83.0 cm³/mol. The van der Waals surface area contributed by atoms with E-state index in [9.17, 15) is 4.79 Å². The Kier molecular flexibility index (Phi) is 3.19. The average molecular weight is 283 g/mol.